The summed E-state index contributed by atoms with van der Waals surface area (Å²) in [6.45, 7) is 0. The summed E-state index contributed by atoms with van der Waals surface area (Å²) >= 11 is 1.51. The first-order chi connectivity index (χ1) is 15.7. The lowest BCUT2D eigenvalue weighted by Gasteiger charge is -2.09. The van der Waals surface area contributed by atoms with Gasteiger partial charge < -0.3 is 9.52 Å². The third-order valence-electron chi connectivity index (χ3n) is 5.33. The van der Waals surface area contributed by atoms with Crippen molar-refractivity contribution < 1.29 is 9.52 Å². The second-order valence-electron chi connectivity index (χ2n) is 7.57. The van der Waals surface area contributed by atoms with Gasteiger partial charge in [0.2, 0.25) is 0 Å². The lowest BCUT2D eigenvalue weighted by atomic mass is 10.1. The molecule has 0 spiro atoms. The lowest BCUT2D eigenvalue weighted by Crippen LogP contribution is -2.08. The molecule has 0 saturated carbocycles. The zero-order chi connectivity index (χ0) is 21.9. The number of hydrogen-bond donors (Lipinski definition) is 1. The van der Waals surface area contributed by atoms with Gasteiger partial charge in [-0.25, -0.2) is 4.79 Å². The second kappa shape index (κ2) is 8.77. The Morgan fingerprint density at radius 3 is 2.34 bits per heavy atom. The van der Waals surface area contributed by atoms with E-state index in [0.29, 0.717) is 17.7 Å². The summed E-state index contributed by atoms with van der Waals surface area (Å²) in [6, 6.07) is 33.1. The molecule has 0 aliphatic carbocycles. The third kappa shape index (κ3) is 4.32. The Hall–Kier alpha value is -3.76. The van der Waals surface area contributed by atoms with Gasteiger partial charge in [-0.2, -0.15) is 0 Å². The van der Waals surface area contributed by atoms with E-state index >= 15 is 0 Å². The zero-order valence-corrected chi connectivity index (χ0v) is 18.0. The van der Waals surface area contributed by atoms with Gasteiger partial charge in [0.1, 0.15) is 11.5 Å². The molecule has 3 nitrogen and oxygen atoms in total. The minimum absolute atomic E-state index is 0.221. The van der Waals surface area contributed by atoms with Crippen molar-refractivity contribution in [2.45, 2.75) is 16.2 Å². The van der Waals surface area contributed by atoms with Gasteiger partial charge in [0.05, 0.1) is 4.90 Å². The average molecular weight is 437 g/mol. The van der Waals surface area contributed by atoms with Crippen LogP contribution in [0.3, 0.4) is 0 Å². The number of fused-ring (bicyclic) bond motifs is 1. The minimum atomic E-state index is -0.344. The van der Waals surface area contributed by atoms with Crippen LogP contribution in [0.1, 0.15) is 11.1 Å². The molecule has 0 amide bonds. The molecule has 0 unspecified atom stereocenters. The molecular formula is C28H20O3S. The van der Waals surface area contributed by atoms with Crippen molar-refractivity contribution in [1.29, 1.82) is 0 Å². The summed E-state index contributed by atoms with van der Waals surface area (Å²) < 4.78 is 5.55. The summed E-state index contributed by atoms with van der Waals surface area (Å²) in [4.78, 5) is 14.4. The standard InChI is InChI=1S/C28H20O3S/c29-25-14-10-19(16-23-12-15-26(31-28(23)30)21-7-2-1-3-8-21)17-27(25)32-24-13-11-20-6-4-5-9-22(20)18-24/h1-15,17-18,29H,16H2. The van der Waals surface area contributed by atoms with E-state index in [0.717, 1.165) is 26.3 Å². The first-order valence-corrected chi connectivity index (χ1v) is 11.1. The van der Waals surface area contributed by atoms with Crippen LogP contribution >= 0.6 is 11.8 Å². The third-order valence-corrected chi connectivity index (χ3v) is 6.36. The van der Waals surface area contributed by atoms with Gasteiger partial charge in [0.25, 0.3) is 0 Å². The van der Waals surface area contributed by atoms with Gasteiger partial charge >= 0.3 is 5.63 Å². The van der Waals surface area contributed by atoms with Crippen molar-refractivity contribution in [2.75, 3.05) is 0 Å². The van der Waals surface area contributed by atoms with Crippen LogP contribution in [0.5, 0.6) is 5.75 Å². The van der Waals surface area contributed by atoms with Crippen molar-refractivity contribution in [1.82, 2.24) is 0 Å². The maximum atomic E-state index is 12.6. The minimum Gasteiger partial charge on any atom is -0.507 e. The number of phenols is 1. The van der Waals surface area contributed by atoms with Crippen molar-refractivity contribution in [2.24, 2.45) is 0 Å². The molecule has 5 aromatic rings. The van der Waals surface area contributed by atoms with E-state index < -0.39 is 0 Å². The van der Waals surface area contributed by atoms with E-state index in [1.807, 2.05) is 66.7 Å². The fourth-order valence-corrected chi connectivity index (χ4v) is 4.62. The molecule has 4 heteroatoms. The molecule has 0 aliphatic heterocycles. The molecule has 0 saturated heterocycles. The van der Waals surface area contributed by atoms with Gasteiger partial charge in [-0.15, -0.1) is 0 Å². The molecule has 4 aromatic carbocycles. The van der Waals surface area contributed by atoms with Crippen LogP contribution in [0, 0.1) is 0 Å². The monoisotopic (exact) mass is 436 g/mol. The Labute approximate surface area is 190 Å². The summed E-state index contributed by atoms with van der Waals surface area (Å²) in [5.41, 5.74) is 2.04. The van der Waals surface area contributed by atoms with E-state index in [4.69, 9.17) is 4.42 Å². The van der Waals surface area contributed by atoms with Crippen LogP contribution in [0.4, 0.5) is 0 Å². The van der Waals surface area contributed by atoms with Gasteiger partial charge in [0, 0.05) is 22.4 Å². The maximum absolute atomic E-state index is 12.6. The van der Waals surface area contributed by atoms with Gasteiger partial charge in [-0.05, 0) is 52.7 Å². The first kappa shape index (κ1) is 20.2. The topological polar surface area (TPSA) is 50.4 Å². The summed E-state index contributed by atoms with van der Waals surface area (Å²) in [5, 5.41) is 12.7. The Balaban J connectivity index is 1.39. The highest BCUT2D eigenvalue weighted by atomic mass is 32.2. The Bertz CT molecular complexity index is 1460. The summed E-state index contributed by atoms with van der Waals surface area (Å²) in [7, 11) is 0. The van der Waals surface area contributed by atoms with Crippen LogP contribution in [0.15, 0.2) is 122 Å². The molecule has 0 fully saturated rings. The maximum Gasteiger partial charge on any atom is 0.339 e. The van der Waals surface area contributed by atoms with E-state index in [1.54, 1.807) is 6.07 Å². The second-order valence-corrected chi connectivity index (χ2v) is 8.68. The quantitative estimate of drug-likeness (QED) is 0.325. The van der Waals surface area contributed by atoms with Crippen molar-refractivity contribution in [3.8, 4) is 17.1 Å². The predicted octanol–water partition coefficient (Wildman–Crippen LogP) is 6.91. The van der Waals surface area contributed by atoms with E-state index in [-0.39, 0.29) is 11.4 Å². The predicted molar refractivity (Wildman–Crippen MR) is 129 cm³/mol. The fourth-order valence-electron chi connectivity index (χ4n) is 3.66. The number of phenolic OH excluding ortho intramolecular Hbond substituents is 1. The van der Waals surface area contributed by atoms with Crippen LogP contribution < -0.4 is 5.63 Å². The first-order valence-electron chi connectivity index (χ1n) is 10.3. The highest BCUT2D eigenvalue weighted by Gasteiger charge is 2.10. The fraction of sp³-hybridized carbons (Fsp3) is 0.0357. The molecular weight excluding hydrogens is 416 g/mol. The number of aromatic hydroxyl groups is 1. The van der Waals surface area contributed by atoms with Gasteiger partial charge in [-0.3, -0.25) is 0 Å². The lowest BCUT2D eigenvalue weighted by molar-refractivity contribution is 0.462. The Morgan fingerprint density at radius 1 is 0.750 bits per heavy atom. The van der Waals surface area contributed by atoms with Crippen molar-refractivity contribution in [3.05, 3.63) is 125 Å². The molecule has 0 atom stereocenters. The SMILES string of the molecule is O=c1oc(-c2ccccc2)ccc1Cc1ccc(O)c(Sc2ccc3ccccc3c2)c1. The molecule has 156 valence electrons. The zero-order valence-electron chi connectivity index (χ0n) is 17.2. The van der Waals surface area contributed by atoms with E-state index in [9.17, 15) is 9.90 Å². The molecule has 1 aromatic heterocycles. The molecule has 0 aliphatic rings. The molecule has 0 radical (unpaired) electrons. The number of rotatable bonds is 5. The highest BCUT2D eigenvalue weighted by molar-refractivity contribution is 7.99. The van der Waals surface area contributed by atoms with Crippen LogP contribution in [-0.4, -0.2) is 5.11 Å². The number of hydrogen-bond acceptors (Lipinski definition) is 4. The van der Waals surface area contributed by atoms with Crippen molar-refractivity contribution in [3.63, 3.8) is 0 Å². The van der Waals surface area contributed by atoms with Crippen LogP contribution in [0.25, 0.3) is 22.1 Å². The molecule has 5 rings (SSSR count). The van der Waals surface area contributed by atoms with Gasteiger partial charge in [-0.1, -0.05) is 78.5 Å². The molecule has 1 N–H and O–H groups in total. The largest absolute Gasteiger partial charge is 0.507 e. The Morgan fingerprint density at radius 2 is 1.53 bits per heavy atom. The smallest absolute Gasteiger partial charge is 0.339 e. The normalized spacial score (nSPS) is 11.0. The van der Waals surface area contributed by atoms with Crippen molar-refractivity contribution >= 4 is 22.5 Å². The van der Waals surface area contributed by atoms with E-state index in [1.165, 1.54) is 17.1 Å². The van der Waals surface area contributed by atoms with Crippen LogP contribution in [-0.2, 0) is 6.42 Å². The van der Waals surface area contributed by atoms with Crippen LogP contribution in [0.2, 0.25) is 0 Å². The molecule has 1 heterocycles. The van der Waals surface area contributed by atoms with Gasteiger partial charge in [0.15, 0.2) is 0 Å². The highest BCUT2D eigenvalue weighted by Crippen LogP contribution is 2.36. The summed E-state index contributed by atoms with van der Waals surface area (Å²) in [5.74, 6) is 0.774. The molecule has 0 bridgehead atoms. The number of benzene rings is 4. The summed E-state index contributed by atoms with van der Waals surface area (Å²) in [6.07, 6.45) is 0.433. The Kier molecular flexibility index (Phi) is 5.53. The van der Waals surface area contributed by atoms with E-state index in [2.05, 4.69) is 30.3 Å². The molecule has 32 heavy (non-hydrogen) atoms. The average Bonchev–Trinajstić information content (AvgIpc) is 2.83.